The van der Waals surface area contributed by atoms with Gasteiger partial charge in [0.2, 0.25) is 5.89 Å². The van der Waals surface area contributed by atoms with Crippen LogP contribution < -0.4 is 0 Å². The van der Waals surface area contributed by atoms with Gasteiger partial charge in [0.05, 0.1) is 17.9 Å². The number of likely N-dealkylation sites (tertiary alicyclic amines) is 1. The first-order valence-electron chi connectivity index (χ1n) is 8.97. The smallest absolute Gasteiger partial charge is 0.244 e. The third-order valence-corrected chi connectivity index (χ3v) is 4.85. The summed E-state index contributed by atoms with van der Waals surface area (Å²) in [6, 6.07) is 6.59. The topological polar surface area (TPSA) is 70.8 Å². The van der Waals surface area contributed by atoms with Crippen LogP contribution in [0.1, 0.15) is 55.9 Å². The summed E-state index contributed by atoms with van der Waals surface area (Å²) in [6.07, 6.45) is 3.93. The molecule has 0 unspecified atom stereocenters. The van der Waals surface area contributed by atoms with Crippen molar-refractivity contribution in [2.24, 2.45) is 0 Å². The second kappa shape index (κ2) is 6.99. The molecule has 0 saturated carbocycles. The Morgan fingerprint density at radius 1 is 1.31 bits per heavy atom. The number of aromatic nitrogens is 4. The molecule has 1 aromatic carbocycles. The highest BCUT2D eigenvalue weighted by atomic mass is 19.1. The molecular weight excluding hydrogens is 333 g/mol. The van der Waals surface area contributed by atoms with Gasteiger partial charge in [0.1, 0.15) is 5.82 Å². The van der Waals surface area contributed by atoms with Crippen LogP contribution in [-0.4, -0.2) is 31.8 Å². The largest absolute Gasteiger partial charge is 0.338 e. The predicted molar refractivity (Wildman–Crippen MR) is 94.8 cm³/mol. The van der Waals surface area contributed by atoms with Crippen LogP contribution in [0.5, 0.6) is 0 Å². The Kier molecular flexibility index (Phi) is 4.55. The van der Waals surface area contributed by atoms with E-state index in [2.05, 4.69) is 39.1 Å². The van der Waals surface area contributed by atoms with Crippen molar-refractivity contribution in [1.82, 2.24) is 25.2 Å². The van der Waals surface area contributed by atoms with Crippen LogP contribution in [0.3, 0.4) is 0 Å². The molecule has 1 N–H and O–H groups in total. The zero-order valence-corrected chi connectivity index (χ0v) is 14.9. The molecule has 1 aliphatic rings. The summed E-state index contributed by atoms with van der Waals surface area (Å²) in [7, 11) is 0. The monoisotopic (exact) mass is 355 g/mol. The van der Waals surface area contributed by atoms with E-state index < -0.39 is 0 Å². The number of halogens is 1. The van der Waals surface area contributed by atoms with Crippen LogP contribution in [0.4, 0.5) is 4.39 Å². The van der Waals surface area contributed by atoms with Crippen molar-refractivity contribution in [2.75, 3.05) is 6.54 Å². The molecule has 1 aliphatic heterocycles. The minimum absolute atomic E-state index is 0.131. The average molecular weight is 355 g/mol. The van der Waals surface area contributed by atoms with Gasteiger partial charge in [0.25, 0.3) is 0 Å². The molecule has 6 nitrogen and oxygen atoms in total. The van der Waals surface area contributed by atoms with Crippen molar-refractivity contribution in [3.63, 3.8) is 0 Å². The van der Waals surface area contributed by atoms with Crippen LogP contribution >= 0.6 is 0 Å². The number of nitrogens with zero attached hydrogens (tertiary/aromatic N) is 4. The summed E-state index contributed by atoms with van der Waals surface area (Å²) in [5.74, 6) is 1.45. The molecule has 1 atom stereocenters. The Balaban J connectivity index is 1.55. The van der Waals surface area contributed by atoms with Gasteiger partial charge in [-0.3, -0.25) is 10.00 Å². The lowest BCUT2D eigenvalue weighted by molar-refractivity contribution is 0.201. The molecule has 0 amide bonds. The van der Waals surface area contributed by atoms with Crippen molar-refractivity contribution < 1.29 is 8.91 Å². The zero-order chi connectivity index (χ0) is 18.1. The minimum Gasteiger partial charge on any atom is -0.338 e. The molecule has 0 aliphatic carbocycles. The maximum Gasteiger partial charge on any atom is 0.244 e. The van der Waals surface area contributed by atoms with Crippen LogP contribution in [0.25, 0.3) is 11.3 Å². The zero-order valence-electron chi connectivity index (χ0n) is 14.9. The van der Waals surface area contributed by atoms with Gasteiger partial charge >= 0.3 is 0 Å². The number of rotatable bonds is 5. The molecule has 136 valence electrons. The van der Waals surface area contributed by atoms with Crippen LogP contribution in [0, 0.1) is 5.82 Å². The summed E-state index contributed by atoms with van der Waals surface area (Å²) >= 11 is 0. The van der Waals surface area contributed by atoms with Crippen LogP contribution in [0.15, 0.2) is 35.0 Å². The highest BCUT2D eigenvalue weighted by molar-refractivity contribution is 5.62. The molecule has 2 aromatic heterocycles. The van der Waals surface area contributed by atoms with E-state index in [0.717, 1.165) is 48.6 Å². The predicted octanol–water partition coefficient (Wildman–Crippen LogP) is 4.06. The van der Waals surface area contributed by atoms with Gasteiger partial charge in [-0.15, -0.1) is 0 Å². The first-order chi connectivity index (χ1) is 12.6. The fourth-order valence-corrected chi connectivity index (χ4v) is 3.43. The SMILES string of the molecule is CC(C)c1noc([C@H]2CCCN2Cc2cn[nH]c2-c2ccc(F)cc2)n1. The molecular formula is C19H22FN5O. The van der Waals surface area contributed by atoms with Gasteiger partial charge < -0.3 is 4.52 Å². The molecule has 0 spiro atoms. The van der Waals surface area contributed by atoms with Crippen molar-refractivity contribution in [3.8, 4) is 11.3 Å². The minimum atomic E-state index is -0.244. The van der Waals surface area contributed by atoms with Crippen molar-refractivity contribution in [2.45, 2.75) is 45.2 Å². The lowest BCUT2D eigenvalue weighted by atomic mass is 10.1. The number of hydrogen-bond donors (Lipinski definition) is 1. The van der Waals surface area contributed by atoms with Crippen LogP contribution in [0.2, 0.25) is 0 Å². The summed E-state index contributed by atoms with van der Waals surface area (Å²) in [4.78, 5) is 6.92. The van der Waals surface area contributed by atoms with E-state index in [1.54, 1.807) is 12.1 Å². The van der Waals surface area contributed by atoms with Crippen molar-refractivity contribution in [1.29, 1.82) is 0 Å². The van der Waals surface area contributed by atoms with Crippen LogP contribution in [-0.2, 0) is 6.54 Å². The Morgan fingerprint density at radius 3 is 2.85 bits per heavy atom. The van der Waals surface area contributed by atoms with Gasteiger partial charge in [-0.1, -0.05) is 19.0 Å². The molecule has 3 heterocycles. The third kappa shape index (κ3) is 3.26. The second-order valence-electron chi connectivity index (χ2n) is 7.05. The molecule has 1 fully saturated rings. The van der Waals surface area contributed by atoms with Gasteiger partial charge in [0, 0.05) is 23.6 Å². The molecule has 1 saturated heterocycles. The summed E-state index contributed by atoms with van der Waals surface area (Å²) in [5, 5.41) is 11.3. The molecule has 26 heavy (non-hydrogen) atoms. The molecule has 3 aromatic rings. The number of nitrogens with one attached hydrogen (secondary N) is 1. The fourth-order valence-electron chi connectivity index (χ4n) is 3.43. The highest BCUT2D eigenvalue weighted by Crippen LogP contribution is 2.34. The lowest BCUT2D eigenvalue weighted by Gasteiger charge is -2.21. The lowest BCUT2D eigenvalue weighted by Crippen LogP contribution is -2.23. The molecule has 0 radical (unpaired) electrons. The van der Waals surface area contributed by atoms with E-state index in [-0.39, 0.29) is 17.8 Å². The van der Waals surface area contributed by atoms with E-state index in [0.29, 0.717) is 5.89 Å². The van der Waals surface area contributed by atoms with Gasteiger partial charge in [-0.2, -0.15) is 10.1 Å². The summed E-state index contributed by atoms with van der Waals surface area (Å²) < 4.78 is 18.7. The van der Waals surface area contributed by atoms with Gasteiger partial charge in [-0.25, -0.2) is 4.39 Å². The first kappa shape index (κ1) is 16.9. The van der Waals surface area contributed by atoms with Crippen molar-refractivity contribution >= 4 is 0 Å². The third-order valence-electron chi connectivity index (χ3n) is 4.85. The average Bonchev–Trinajstić information content (AvgIpc) is 3.35. The van der Waals surface area contributed by atoms with E-state index in [4.69, 9.17) is 4.52 Å². The number of H-pyrrole nitrogens is 1. The Labute approximate surface area is 151 Å². The second-order valence-corrected chi connectivity index (χ2v) is 7.05. The quantitative estimate of drug-likeness (QED) is 0.747. The maximum absolute atomic E-state index is 13.2. The van der Waals surface area contributed by atoms with E-state index >= 15 is 0 Å². The van der Waals surface area contributed by atoms with E-state index in [9.17, 15) is 4.39 Å². The standard InChI is InChI=1S/C19H22FN5O/c1-12(2)18-22-19(26-24-18)16-4-3-9-25(16)11-14-10-21-23-17(14)13-5-7-15(20)8-6-13/h5-8,10,12,16H,3-4,9,11H2,1-2H3,(H,21,23)/t16-/m1/s1. The number of aromatic amines is 1. The highest BCUT2D eigenvalue weighted by Gasteiger charge is 2.31. The van der Waals surface area contributed by atoms with Gasteiger partial charge in [-0.05, 0) is 43.7 Å². The van der Waals surface area contributed by atoms with E-state index in [1.807, 2.05) is 6.20 Å². The normalized spacial score (nSPS) is 18.1. The van der Waals surface area contributed by atoms with Gasteiger partial charge in [0.15, 0.2) is 5.82 Å². The molecule has 4 rings (SSSR count). The number of benzene rings is 1. The maximum atomic E-state index is 13.2. The molecule has 0 bridgehead atoms. The first-order valence-corrected chi connectivity index (χ1v) is 8.97. The van der Waals surface area contributed by atoms with E-state index in [1.165, 1.54) is 12.1 Å². The Hall–Kier alpha value is -2.54. The summed E-state index contributed by atoms with van der Waals surface area (Å²) in [5.41, 5.74) is 2.92. The Bertz CT molecular complexity index is 870. The summed E-state index contributed by atoms with van der Waals surface area (Å²) in [6.45, 7) is 5.81. The Morgan fingerprint density at radius 2 is 2.12 bits per heavy atom. The van der Waals surface area contributed by atoms with Crippen molar-refractivity contribution in [3.05, 3.63) is 53.6 Å². The fraction of sp³-hybridized carbons (Fsp3) is 0.421. The molecule has 7 heteroatoms. The number of hydrogen-bond acceptors (Lipinski definition) is 5.